The summed E-state index contributed by atoms with van der Waals surface area (Å²) in [5, 5.41) is 3.37. The minimum absolute atomic E-state index is 0.230. The number of nitrogens with two attached hydrogens (primary N) is 1. The lowest BCUT2D eigenvalue weighted by Gasteiger charge is -2.25. The van der Waals surface area contributed by atoms with Crippen LogP contribution in [0, 0.1) is 11.2 Å². The fraction of sp³-hybridized carbons (Fsp3) is 0.500. The highest BCUT2D eigenvalue weighted by atomic mass is 32.1. The van der Waals surface area contributed by atoms with Gasteiger partial charge in [0.2, 0.25) is 0 Å². The summed E-state index contributed by atoms with van der Waals surface area (Å²) in [4.78, 5) is 0.230. The molecule has 0 aromatic heterocycles. The van der Waals surface area contributed by atoms with E-state index in [4.69, 9.17) is 18.0 Å². The Balaban J connectivity index is 2.11. The Morgan fingerprint density at radius 3 is 2.72 bits per heavy atom. The largest absolute Gasteiger partial charge is 0.389 e. The number of halogens is 1. The van der Waals surface area contributed by atoms with E-state index in [1.54, 1.807) is 6.07 Å². The molecule has 0 atom stereocenters. The Labute approximate surface area is 113 Å². The molecule has 98 valence electrons. The summed E-state index contributed by atoms with van der Waals surface area (Å²) < 4.78 is 13.2. The third-order valence-corrected chi connectivity index (χ3v) is 3.98. The van der Waals surface area contributed by atoms with Gasteiger partial charge in [0.05, 0.1) is 0 Å². The van der Waals surface area contributed by atoms with E-state index >= 15 is 0 Å². The fourth-order valence-electron chi connectivity index (χ4n) is 2.59. The third kappa shape index (κ3) is 2.99. The first-order chi connectivity index (χ1) is 8.50. The maximum absolute atomic E-state index is 13.2. The van der Waals surface area contributed by atoms with Gasteiger partial charge in [0.1, 0.15) is 10.8 Å². The lowest BCUT2D eigenvalue weighted by Crippen LogP contribution is -2.24. The number of rotatable bonds is 4. The summed E-state index contributed by atoms with van der Waals surface area (Å²) in [6.07, 6.45) is 5.07. The van der Waals surface area contributed by atoms with Crippen molar-refractivity contribution in [2.45, 2.75) is 32.6 Å². The Morgan fingerprint density at radius 2 is 2.11 bits per heavy atom. The minimum atomic E-state index is -0.310. The first-order valence-electron chi connectivity index (χ1n) is 6.33. The minimum Gasteiger partial charge on any atom is -0.389 e. The van der Waals surface area contributed by atoms with Crippen LogP contribution in [0.4, 0.5) is 10.1 Å². The van der Waals surface area contributed by atoms with Crippen LogP contribution in [-0.4, -0.2) is 11.5 Å². The topological polar surface area (TPSA) is 38.0 Å². The highest BCUT2D eigenvalue weighted by molar-refractivity contribution is 7.80. The number of anilines is 1. The highest BCUT2D eigenvalue weighted by Gasteiger charge is 2.28. The van der Waals surface area contributed by atoms with Gasteiger partial charge in [-0.1, -0.05) is 32.0 Å². The van der Waals surface area contributed by atoms with Gasteiger partial charge in [-0.05, 0) is 36.5 Å². The van der Waals surface area contributed by atoms with Crippen LogP contribution in [0.5, 0.6) is 0 Å². The van der Waals surface area contributed by atoms with Gasteiger partial charge in [-0.2, -0.15) is 0 Å². The molecular weight excluding hydrogens is 247 g/mol. The van der Waals surface area contributed by atoms with Crippen LogP contribution in [-0.2, 0) is 0 Å². The van der Waals surface area contributed by atoms with E-state index in [1.165, 1.54) is 37.8 Å². The second-order valence-electron chi connectivity index (χ2n) is 5.43. The monoisotopic (exact) mass is 266 g/mol. The lowest BCUT2D eigenvalue weighted by molar-refractivity contribution is 0.362. The first kappa shape index (κ1) is 13.3. The van der Waals surface area contributed by atoms with Gasteiger partial charge in [0.15, 0.2) is 0 Å². The summed E-state index contributed by atoms with van der Waals surface area (Å²) >= 11 is 4.96. The first-order valence-corrected chi connectivity index (χ1v) is 6.74. The molecule has 1 aromatic rings. The molecule has 0 aliphatic heterocycles. The average molecular weight is 266 g/mol. The maximum Gasteiger partial charge on any atom is 0.124 e. The van der Waals surface area contributed by atoms with Gasteiger partial charge >= 0.3 is 0 Å². The normalized spacial score (nSPS) is 17.7. The Morgan fingerprint density at radius 1 is 1.44 bits per heavy atom. The fourth-order valence-corrected chi connectivity index (χ4v) is 2.76. The van der Waals surface area contributed by atoms with Crippen molar-refractivity contribution in [2.75, 3.05) is 11.9 Å². The van der Waals surface area contributed by atoms with Gasteiger partial charge in [-0.25, -0.2) is 4.39 Å². The van der Waals surface area contributed by atoms with Crippen LogP contribution >= 0.6 is 12.2 Å². The van der Waals surface area contributed by atoms with E-state index in [9.17, 15) is 4.39 Å². The van der Waals surface area contributed by atoms with Crippen LogP contribution in [0.15, 0.2) is 18.2 Å². The zero-order valence-electron chi connectivity index (χ0n) is 10.6. The Hall–Kier alpha value is -1.16. The van der Waals surface area contributed by atoms with Crippen molar-refractivity contribution in [3.63, 3.8) is 0 Å². The summed E-state index contributed by atoms with van der Waals surface area (Å²) in [5.41, 5.74) is 7.38. The third-order valence-electron chi connectivity index (χ3n) is 3.76. The van der Waals surface area contributed by atoms with Crippen molar-refractivity contribution in [3.8, 4) is 0 Å². The molecule has 0 saturated heterocycles. The summed E-state index contributed by atoms with van der Waals surface area (Å²) in [5.74, 6) is -0.310. The second kappa shape index (κ2) is 5.22. The van der Waals surface area contributed by atoms with Crippen molar-refractivity contribution in [3.05, 3.63) is 29.6 Å². The van der Waals surface area contributed by atoms with E-state index in [0.29, 0.717) is 11.0 Å². The molecule has 0 spiro atoms. The number of nitrogens with one attached hydrogen (secondary N) is 1. The number of thiocarbonyl (C=S) groups is 1. The molecule has 0 heterocycles. The van der Waals surface area contributed by atoms with Crippen molar-refractivity contribution in [1.29, 1.82) is 0 Å². The molecule has 0 amide bonds. The van der Waals surface area contributed by atoms with Gasteiger partial charge in [-0.15, -0.1) is 0 Å². The molecule has 2 rings (SSSR count). The number of benzene rings is 1. The molecule has 1 aliphatic rings. The molecular formula is C14H19FN2S. The molecule has 0 unspecified atom stereocenters. The summed E-state index contributed by atoms with van der Waals surface area (Å²) in [7, 11) is 0. The molecule has 3 N–H and O–H groups in total. The molecule has 18 heavy (non-hydrogen) atoms. The van der Waals surface area contributed by atoms with Crippen LogP contribution < -0.4 is 11.1 Å². The predicted molar refractivity (Wildman–Crippen MR) is 77.4 cm³/mol. The van der Waals surface area contributed by atoms with Crippen molar-refractivity contribution in [1.82, 2.24) is 0 Å². The quantitative estimate of drug-likeness (QED) is 0.820. The molecule has 1 aromatic carbocycles. The van der Waals surface area contributed by atoms with Crippen molar-refractivity contribution < 1.29 is 4.39 Å². The van der Waals surface area contributed by atoms with Crippen LogP contribution in [0.3, 0.4) is 0 Å². The van der Waals surface area contributed by atoms with E-state index in [-0.39, 0.29) is 10.8 Å². The summed E-state index contributed by atoms with van der Waals surface area (Å²) in [6, 6.07) is 4.53. The second-order valence-corrected chi connectivity index (χ2v) is 5.87. The van der Waals surface area contributed by atoms with Gasteiger partial charge in [0, 0.05) is 17.8 Å². The zero-order chi connectivity index (χ0) is 13.2. The molecule has 0 bridgehead atoms. The zero-order valence-corrected chi connectivity index (χ0v) is 11.4. The molecule has 1 fully saturated rings. The van der Waals surface area contributed by atoms with Gasteiger partial charge < -0.3 is 11.1 Å². The standard InChI is InChI=1S/C14H19FN2S/c1-14(6-2-3-7-14)9-17-12-5-4-10(15)8-11(12)13(16)18/h4-5,8,17H,2-3,6-7,9H2,1H3,(H2,16,18). The van der Waals surface area contributed by atoms with E-state index < -0.39 is 0 Å². The predicted octanol–water partition coefficient (Wildman–Crippen LogP) is 3.45. The van der Waals surface area contributed by atoms with Crippen molar-refractivity contribution >= 4 is 22.9 Å². The van der Waals surface area contributed by atoms with E-state index in [0.717, 1.165) is 12.2 Å². The van der Waals surface area contributed by atoms with Crippen LogP contribution in [0.1, 0.15) is 38.2 Å². The van der Waals surface area contributed by atoms with Crippen molar-refractivity contribution in [2.24, 2.45) is 11.1 Å². The molecule has 1 aliphatic carbocycles. The molecule has 0 radical (unpaired) electrons. The Bertz CT molecular complexity index is 453. The van der Waals surface area contributed by atoms with Crippen LogP contribution in [0.25, 0.3) is 0 Å². The maximum atomic E-state index is 13.2. The van der Waals surface area contributed by atoms with Gasteiger partial charge in [-0.3, -0.25) is 0 Å². The number of hydrogen-bond acceptors (Lipinski definition) is 2. The van der Waals surface area contributed by atoms with E-state index in [2.05, 4.69) is 12.2 Å². The van der Waals surface area contributed by atoms with E-state index in [1.807, 2.05) is 0 Å². The average Bonchev–Trinajstić information content (AvgIpc) is 2.75. The molecule has 4 heteroatoms. The molecule has 1 saturated carbocycles. The molecule has 2 nitrogen and oxygen atoms in total. The highest BCUT2D eigenvalue weighted by Crippen LogP contribution is 2.37. The van der Waals surface area contributed by atoms with Crippen LogP contribution in [0.2, 0.25) is 0 Å². The Kier molecular flexibility index (Phi) is 3.85. The van der Waals surface area contributed by atoms with Gasteiger partial charge in [0.25, 0.3) is 0 Å². The SMILES string of the molecule is CC1(CNc2ccc(F)cc2C(N)=S)CCCC1. The summed E-state index contributed by atoms with van der Waals surface area (Å²) in [6.45, 7) is 3.17. The lowest BCUT2D eigenvalue weighted by atomic mass is 9.89. The number of hydrogen-bond donors (Lipinski definition) is 2. The smallest absolute Gasteiger partial charge is 0.124 e.